The molecule has 0 aromatic rings. The van der Waals surface area contributed by atoms with Crippen molar-refractivity contribution in [2.75, 3.05) is 19.6 Å². The van der Waals surface area contributed by atoms with Crippen LogP contribution >= 0.6 is 0 Å². The average Bonchev–Trinajstić information content (AvgIpc) is 2.43. The molecule has 3 nitrogen and oxygen atoms in total. The van der Waals surface area contributed by atoms with Crippen LogP contribution < -0.4 is 5.73 Å². The standard InChI is InChI=1S/C16H33N3/c1-2-3-4-5-6-7-8-9-10-11-14-19-15-12-13-18-16(19)17/h2-15H2,1H3,(H2,17,18). The summed E-state index contributed by atoms with van der Waals surface area (Å²) in [6, 6.07) is 0. The monoisotopic (exact) mass is 267 g/mol. The zero-order valence-electron chi connectivity index (χ0n) is 12.9. The highest BCUT2D eigenvalue weighted by atomic mass is 15.3. The number of unbranched alkanes of at least 4 members (excludes halogenated alkanes) is 9. The van der Waals surface area contributed by atoms with Crippen LogP contribution in [-0.2, 0) is 0 Å². The number of nitrogens with zero attached hydrogens (tertiary/aromatic N) is 2. The van der Waals surface area contributed by atoms with Crippen molar-refractivity contribution in [2.45, 2.75) is 77.6 Å². The van der Waals surface area contributed by atoms with Gasteiger partial charge in [-0.05, 0) is 12.8 Å². The van der Waals surface area contributed by atoms with Crippen LogP contribution in [0.15, 0.2) is 4.99 Å². The first-order chi connectivity index (χ1) is 9.34. The van der Waals surface area contributed by atoms with E-state index in [0.29, 0.717) is 0 Å². The molecule has 0 amide bonds. The Morgan fingerprint density at radius 2 is 1.53 bits per heavy atom. The molecule has 0 fully saturated rings. The second-order valence-corrected chi connectivity index (χ2v) is 5.76. The first-order valence-corrected chi connectivity index (χ1v) is 8.39. The van der Waals surface area contributed by atoms with Crippen molar-refractivity contribution in [1.29, 1.82) is 0 Å². The molecule has 112 valence electrons. The van der Waals surface area contributed by atoms with Gasteiger partial charge in [-0.15, -0.1) is 0 Å². The molecule has 0 unspecified atom stereocenters. The van der Waals surface area contributed by atoms with Gasteiger partial charge in [0.1, 0.15) is 0 Å². The predicted octanol–water partition coefficient (Wildman–Crippen LogP) is 3.93. The fraction of sp³-hybridized carbons (Fsp3) is 0.938. The lowest BCUT2D eigenvalue weighted by molar-refractivity contribution is 0.375. The molecule has 0 saturated carbocycles. The van der Waals surface area contributed by atoms with Crippen LogP contribution in [0.4, 0.5) is 0 Å². The minimum Gasteiger partial charge on any atom is -0.370 e. The SMILES string of the molecule is CCCCCCCCCCCCN1CCCN=C1N. The predicted molar refractivity (Wildman–Crippen MR) is 84.5 cm³/mol. The summed E-state index contributed by atoms with van der Waals surface area (Å²) in [5.74, 6) is 0.766. The van der Waals surface area contributed by atoms with E-state index in [4.69, 9.17) is 5.73 Å². The van der Waals surface area contributed by atoms with Crippen molar-refractivity contribution in [3.8, 4) is 0 Å². The van der Waals surface area contributed by atoms with E-state index in [9.17, 15) is 0 Å². The maximum Gasteiger partial charge on any atom is 0.191 e. The molecular weight excluding hydrogens is 234 g/mol. The lowest BCUT2D eigenvalue weighted by Crippen LogP contribution is -2.41. The molecule has 0 spiro atoms. The Morgan fingerprint density at radius 3 is 2.11 bits per heavy atom. The summed E-state index contributed by atoms with van der Waals surface area (Å²) in [5.41, 5.74) is 5.88. The summed E-state index contributed by atoms with van der Waals surface area (Å²) >= 11 is 0. The first-order valence-electron chi connectivity index (χ1n) is 8.39. The molecule has 0 aliphatic carbocycles. The Balaban J connectivity index is 1.83. The van der Waals surface area contributed by atoms with Gasteiger partial charge in [0.15, 0.2) is 5.96 Å². The third-order valence-electron chi connectivity index (χ3n) is 3.97. The highest BCUT2D eigenvalue weighted by Gasteiger charge is 2.10. The maximum atomic E-state index is 5.88. The smallest absolute Gasteiger partial charge is 0.191 e. The van der Waals surface area contributed by atoms with Crippen LogP contribution in [0.3, 0.4) is 0 Å². The van der Waals surface area contributed by atoms with Crippen LogP contribution in [0.25, 0.3) is 0 Å². The average molecular weight is 267 g/mol. The van der Waals surface area contributed by atoms with E-state index in [-0.39, 0.29) is 0 Å². The van der Waals surface area contributed by atoms with Crippen LogP contribution in [0.1, 0.15) is 77.6 Å². The third kappa shape index (κ3) is 8.12. The van der Waals surface area contributed by atoms with E-state index in [1.54, 1.807) is 0 Å². The lowest BCUT2D eigenvalue weighted by atomic mass is 10.1. The van der Waals surface area contributed by atoms with Crippen LogP contribution in [0.2, 0.25) is 0 Å². The Kier molecular flexibility index (Phi) is 9.56. The van der Waals surface area contributed by atoms with Crippen LogP contribution in [0, 0.1) is 0 Å². The molecule has 3 heteroatoms. The number of hydrogen-bond acceptors (Lipinski definition) is 3. The summed E-state index contributed by atoms with van der Waals surface area (Å²) in [4.78, 5) is 6.54. The fourth-order valence-corrected chi connectivity index (χ4v) is 2.69. The molecule has 0 aromatic heterocycles. The fourth-order valence-electron chi connectivity index (χ4n) is 2.69. The molecule has 1 aliphatic rings. The summed E-state index contributed by atoms with van der Waals surface area (Å²) in [6.07, 6.45) is 15.1. The van der Waals surface area contributed by atoms with Gasteiger partial charge in [0.05, 0.1) is 0 Å². The molecule has 1 rings (SSSR count). The van der Waals surface area contributed by atoms with E-state index in [2.05, 4.69) is 16.8 Å². The highest BCUT2D eigenvalue weighted by Crippen LogP contribution is 2.11. The third-order valence-corrected chi connectivity index (χ3v) is 3.97. The second kappa shape index (κ2) is 11.1. The topological polar surface area (TPSA) is 41.6 Å². The van der Waals surface area contributed by atoms with Gasteiger partial charge in [-0.3, -0.25) is 4.99 Å². The Bertz CT molecular complexity index is 238. The number of rotatable bonds is 11. The van der Waals surface area contributed by atoms with E-state index in [1.165, 1.54) is 70.6 Å². The molecule has 0 bridgehead atoms. The summed E-state index contributed by atoms with van der Waals surface area (Å²) < 4.78 is 0. The zero-order valence-corrected chi connectivity index (χ0v) is 12.9. The van der Waals surface area contributed by atoms with Gasteiger partial charge in [0, 0.05) is 19.6 Å². The number of hydrogen-bond donors (Lipinski definition) is 1. The van der Waals surface area contributed by atoms with Gasteiger partial charge in [0.25, 0.3) is 0 Å². The first kappa shape index (κ1) is 16.3. The second-order valence-electron chi connectivity index (χ2n) is 5.76. The van der Waals surface area contributed by atoms with Crippen molar-refractivity contribution in [1.82, 2.24) is 4.90 Å². The lowest BCUT2D eigenvalue weighted by Gasteiger charge is -2.26. The van der Waals surface area contributed by atoms with Gasteiger partial charge < -0.3 is 10.6 Å². The van der Waals surface area contributed by atoms with E-state index in [1.807, 2.05) is 0 Å². The molecule has 2 N–H and O–H groups in total. The normalized spacial score (nSPS) is 15.6. The van der Waals surface area contributed by atoms with Crippen molar-refractivity contribution in [3.63, 3.8) is 0 Å². The maximum absolute atomic E-state index is 5.88. The van der Waals surface area contributed by atoms with Crippen molar-refractivity contribution < 1.29 is 0 Å². The number of aliphatic imine (C=N–C) groups is 1. The Labute approximate surface area is 119 Å². The number of nitrogens with two attached hydrogens (primary N) is 1. The van der Waals surface area contributed by atoms with Crippen molar-refractivity contribution in [3.05, 3.63) is 0 Å². The molecule has 1 aliphatic heterocycles. The molecule has 0 radical (unpaired) electrons. The molecule has 0 aromatic carbocycles. The summed E-state index contributed by atoms with van der Waals surface area (Å²) in [7, 11) is 0. The Hall–Kier alpha value is -0.730. The quantitative estimate of drug-likeness (QED) is 0.576. The molecule has 1 heterocycles. The summed E-state index contributed by atoms with van der Waals surface area (Å²) in [5, 5.41) is 0. The van der Waals surface area contributed by atoms with E-state index >= 15 is 0 Å². The van der Waals surface area contributed by atoms with Gasteiger partial charge >= 0.3 is 0 Å². The molecule has 0 atom stereocenters. The van der Waals surface area contributed by atoms with Gasteiger partial charge in [-0.1, -0.05) is 64.7 Å². The van der Waals surface area contributed by atoms with Crippen molar-refractivity contribution in [2.24, 2.45) is 10.7 Å². The number of guanidine groups is 1. The van der Waals surface area contributed by atoms with Crippen molar-refractivity contribution >= 4 is 5.96 Å². The Morgan fingerprint density at radius 1 is 0.947 bits per heavy atom. The minimum atomic E-state index is 0.766. The van der Waals surface area contributed by atoms with Gasteiger partial charge in [-0.25, -0.2) is 0 Å². The molecular formula is C16H33N3. The summed E-state index contributed by atoms with van der Waals surface area (Å²) in [6.45, 7) is 5.40. The van der Waals surface area contributed by atoms with Gasteiger partial charge in [-0.2, -0.15) is 0 Å². The zero-order chi connectivity index (χ0) is 13.8. The van der Waals surface area contributed by atoms with E-state index in [0.717, 1.165) is 25.6 Å². The largest absolute Gasteiger partial charge is 0.370 e. The van der Waals surface area contributed by atoms with Gasteiger partial charge in [0.2, 0.25) is 0 Å². The van der Waals surface area contributed by atoms with Crippen LogP contribution in [-0.4, -0.2) is 30.5 Å². The molecule has 19 heavy (non-hydrogen) atoms. The molecule has 0 saturated heterocycles. The minimum absolute atomic E-state index is 0.766. The van der Waals surface area contributed by atoms with E-state index < -0.39 is 0 Å². The highest BCUT2D eigenvalue weighted by molar-refractivity contribution is 5.78. The van der Waals surface area contributed by atoms with Crippen LogP contribution in [0.5, 0.6) is 0 Å².